The molecule has 9 nitrogen and oxygen atoms in total. The summed E-state index contributed by atoms with van der Waals surface area (Å²) in [5.41, 5.74) is 3.12. The van der Waals surface area contributed by atoms with Crippen LogP contribution in [0.2, 0.25) is 0 Å². The molecule has 2 amide bonds. The van der Waals surface area contributed by atoms with Crippen LogP contribution in [0.5, 0.6) is 0 Å². The van der Waals surface area contributed by atoms with Crippen molar-refractivity contribution in [2.45, 2.75) is 26.7 Å². The van der Waals surface area contributed by atoms with E-state index in [2.05, 4.69) is 15.5 Å². The average molecular weight is 490 g/mol. The van der Waals surface area contributed by atoms with Crippen LogP contribution in [0.3, 0.4) is 0 Å². The van der Waals surface area contributed by atoms with Crippen molar-refractivity contribution in [3.8, 4) is 0 Å². The highest BCUT2D eigenvalue weighted by atomic mass is 16.4. The number of carbonyl (C=O) groups is 3. The number of aromatic nitrogens is 1. The zero-order chi connectivity index (χ0) is 25.7. The molecule has 2 heterocycles. The summed E-state index contributed by atoms with van der Waals surface area (Å²) in [5, 5.41) is 16.1. The van der Waals surface area contributed by atoms with Crippen LogP contribution < -0.4 is 15.5 Å². The van der Waals surface area contributed by atoms with Gasteiger partial charge in [-0.3, -0.25) is 14.5 Å². The van der Waals surface area contributed by atoms with E-state index in [1.165, 1.54) is 0 Å². The molecule has 1 aromatic heterocycles. The number of hydrogen-bond acceptors (Lipinski definition) is 6. The molecule has 1 aliphatic heterocycles. The van der Waals surface area contributed by atoms with Crippen molar-refractivity contribution in [1.29, 1.82) is 0 Å². The second-order valence-corrected chi connectivity index (χ2v) is 9.04. The molecular formula is C27H31N5O4. The Bertz CT molecular complexity index is 1280. The lowest BCUT2D eigenvalue weighted by Crippen LogP contribution is -2.49. The van der Waals surface area contributed by atoms with Gasteiger partial charge in [-0.05, 0) is 55.3 Å². The van der Waals surface area contributed by atoms with Gasteiger partial charge in [0.15, 0.2) is 0 Å². The van der Waals surface area contributed by atoms with Crippen molar-refractivity contribution < 1.29 is 19.5 Å². The Balaban J connectivity index is 1.43. The van der Waals surface area contributed by atoms with E-state index >= 15 is 0 Å². The van der Waals surface area contributed by atoms with Crippen LogP contribution in [0.1, 0.15) is 35.7 Å². The normalized spacial score (nSPS) is 14.0. The van der Waals surface area contributed by atoms with Crippen LogP contribution in [-0.4, -0.2) is 65.5 Å². The monoisotopic (exact) mass is 489 g/mol. The maximum atomic E-state index is 12.5. The molecule has 4 rings (SSSR count). The number of piperazine rings is 1. The van der Waals surface area contributed by atoms with Crippen molar-refractivity contribution in [2.75, 3.05) is 48.3 Å². The Hall–Kier alpha value is -3.98. The number of nitrogens with one attached hydrogen (secondary N) is 2. The third-order valence-electron chi connectivity index (χ3n) is 6.15. The van der Waals surface area contributed by atoms with Crippen LogP contribution in [-0.2, 0) is 9.59 Å². The summed E-state index contributed by atoms with van der Waals surface area (Å²) in [5.74, 6) is -0.629. The maximum absolute atomic E-state index is 12.5. The van der Waals surface area contributed by atoms with Gasteiger partial charge in [0.05, 0.1) is 17.6 Å². The molecule has 1 fully saturated rings. The van der Waals surface area contributed by atoms with Crippen LogP contribution in [0.4, 0.5) is 17.2 Å². The molecule has 0 unspecified atom stereocenters. The van der Waals surface area contributed by atoms with Crippen molar-refractivity contribution in [2.24, 2.45) is 0 Å². The van der Waals surface area contributed by atoms with Gasteiger partial charge >= 0.3 is 5.97 Å². The zero-order valence-electron chi connectivity index (χ0n) is 20.6. The SMILES string of the molecule is CCCC(=O)Nc1ccc2nc(N3CCN(CC(=O)Nc4cccc(C)c4)CC3)cc(C(=O)O)c2c1. The van der Waals surface area contributed by atoms with E-state index in [1.807, 2.05) is 43.0 Å². The molecular weight excluding hydrogens is 458 g/mol. The van der Waals surface area contributed by atoms with Crippen LogP contribution >= 0.6 is 0 Å². The summed E-state index contributed by atoms with van der Waals surface area (Å²) in [6, 6.07) is 14.4. The number of benzene rings is 2. The van der Waals surface area contributed by atoms with E-state index < -0.39 is 5.97 Å². The number of pyridine rings is 1. The Morgan fingerprint density at radius 2 is 1.67 bits per heavy atom. The average Bonchev–Trinajstić information content (AvgIpc) is 2.84. The van der Waals surface area contributed by atoms with Gasteiger partial charge < -0.3 is 20.6 Å². The lowest BCUT2D eigenvalue weighted by Gasteiger charge is -2.35. The van der Waals surface area contributed by atoms with Gasteiger partial charge in [0.1, 0.15) is 5.82 Å². The molecule has 1 aliphatic rings. The summed E-state index contributed by atoms with van der Waals surface area (Å²) in [7, 11) is 0. The summed E-state index contributed by atoms with van der Waals surface area (Å²) >= 11 is 0. The molecule has 0 spiro atoms. The molecule has 36 heavy (non-hydrogen) atoms. The maximum Gasteiger partial charge on any atom is 0.336 e. The third-order valence-corrected chi connectivity index (χ3v) is 6.15. The zero-order valence-corrected chi connectivity index (χ0v) is 20.6. The fourth-order valence-corrected chi connectivity index (χ4v) is 4.34. The third kappa shape index (κ3) is 6.17. The Kier molecular flexibility index (Phi) is 7.80. The number of fused-ring (bicyclic) bond motifs is 1. The van der Waals surface area contributed by atoms with Crippen molar-refractivity contribution in [3.05, 3.63) is 59.7 Å². The first-order valence-electron chi connectivity index (χ1n) is 12.1. The number of anilines is 3. The molecule has 0 radical (unpaired) electrons. The summed E-state index contributed by atoms with van der Waals surface area (Å²) < 4.78 is 0. The molecule has 3 aromatic rings. The van der Waals surface area contributed by atoms with Crippen LogP contribution in [0, 0.1) is 6.92 Å². The fourth-order valence-electron chi connectivity index (χ4n) is 4.34. The van der Waals surface area contributed by atoms with Gasteiger partial charge in [0.25, 0.3) is 0 Å². The van der Waals surface area contributed by atoms with Gasteiger partial charge in [-0.2, -0.15) is 0 Å². The Morgan fingerprint density at radius 3 is 2.36 bits per heavy atom. The number of amides is 2. The highest BCUT2D eigenvalue weighted by Crippen LogP contribution is 2.27. The van der Waals surface area contributed by atoms with Gasteiger partial charge in [-0.15, -0.1) is 0 Å². The first-order chi connectivity index (χ1) is 17.3. The highest BCUT2D eigenvalue weighted by molar-refractivity contribution is 6.05. The van der Waals surface area contributed by atoms with E-state index in [4.69, 9.17) is 4.98 Å². The first-order valence-corrected chi connectivity index (χ1v) is 12.1. The summed E-state index contributed by atoms with van der Waals surface area (Å²) in [4.78, 5) is 45.3. The molecule has 1 saturated heterocycles. The van der Waals surface area contributed by atoms with E-state index in [1.54, 1.807) is 24.3 Å². The summed E-state index contributed by atoms with van der Waals surface area (Å²) in [6.07, 6.45) is 1.13. The van der Waals surface area contributed by atoms with Crippen molar-refractivity contribution in [3.63, 3.8) is 0 Å². The van der Waals surface area contributed by atoms with Gasteiger partial charge in [0, 0.05) is 49.4 Å². The van der Waals surface area contributed by atoms with E-state index in [9.17, 15) is 19.5 Å². The Labute approximate surface area is 210 Å². The van der Waals surface area contributed by atoms with Gasteiger partial charge in [0.2, 0.25) is 11.8 Å². The van der Waals surface area contributed by atoms with Crippen LogP contribution in [0.15, 0.2) is 48.5 Å². The second-order valence-electron chi connectivity index (χ2n) is 9.04. The molecule has 0 saturated carbocycles. The molecule has 0 bridgehead atoms. The standard InChI is InChI=1S/C27H31N5O4/c1-3-5-25(33)28-20-8-9-23-21(15-20)22(27(35)36)16-24(30-23)32-12-10-31(11-13-32)17-26(34)29-19-7-4-6-18(2)14-19/h4,6-9,14-16H,3,5,10-13,17H2,1-2H3,(H,28,33)(H,29,34)(H,35,36). The minimum atomic E-state index is -1.05. The predicted octanol–water partition coefficient (Wildman–Crippen LogP) is 3.74. The molecule has 3 N–H and O–H groups in total. The highest BCUT2D eigenvalue weighted by Gasteiger charge is 2.22. The molecule has 9 heteroatoms. The van der Waals surface area contributed by atoms with Crippen molar-refractivity contribution in [1.82, 2.24) is 9.88 Å². The topological polar surface area (TPSA) is 115 Å². The molecule has 0 atom stereocenters. The number of carbonyl (C=O) groups excluding carboxylic acids is 2. The number of carboxylic acid groups (broad SMARTS) is 1. The van der Waals surface area contributed by atoms with E-state index in [-0.39, 0.29) is 17.4 Å². The van der Waals surface area contributed by atoms with E-state index in [0.717, 1.165) is 17.7 Å². The predicted molar refractivity (Wildman–Crippen MR) is 141 cm³/mol. The Morgan fingerprint density at radius 1 is 0.944 bits per heavy atom. The first kappa shape index (κ1) is 25.1. The number of nitrogens with zero attached hydrogens (tertiary/aromatic N) is 3. The number of aryl methyl sites for hydroxylation is 1. The van der Waals surface area contributed by atoms with E-state index in [0.29, 0.717) is 61.6 Å². The van der Waals surface area contributed by atoms with Gasteiger partial charge in [-0.1, -0.05) is 19.1 Å². The van der Waals surface area contributed by atoms with Crippen molar-refractivity contribution >= 4 is 45.9 Å². The quantitative estimate of drug-likeness (QED) is 0.442. The number of rotatable bonds is 8. The number of hydrogen-bond donors (Lipinski definition) is 3. The van der Waals surface area contributed by atoms with Crippen LogP contribution in [0.25, 0.3) is 10.9 Å². The second kappa shape index (κ2) is 11.2. The molecule has 0 aliphatic carbocycles. The number of aromatic carboxylic acids is 1. The largest absolute Gasteiger partial charge is 0.478 e. The minimum absolute atomic E-state index is 0.0622. The van der Waals surface area contributed by atoms with Gasteiger partial charge in [-0.25, -0.2) is 9.78 Å². The molecule has 2 aromatic carbocycles. The number of carboxylic acids is 1. The summed E-state index contributed by atoms with van der Waals surface area (Å²) in [6.45, 7) is 6.77. The minimum Gasteiger partial charge on any atom is -0.478 e. The smallest absolute Gasteiger partial charge is 0.336 e. The fraction of sp³-hybridized carbons (Fsp3) is 0.333. The lowest BCUT2D eigenvalue weighted by molar-refractivity contribution is -0.117. The lowest BCUT2D eigenvalue weighted by atomic mass is 10.1. The molecule has 188 valence electrons.